The van der Waals surface area contributed by atoms with Gasteiger partial charge in [-0.25, -0.2) is 0 Å². The Bertz CT molecular complexity index is 82.9. The molecule has 2 heteroatoms. The summed E-state index contributed by atoms with van der Waals surface area (Å²) in [5, 5.41) is 0. The predicted molar refractivity (Wildman–Crippen MR) is 34.1 cm³/mol. The van der Waals surface area contributed by atoms with Crippen molar-refractivity contribution in [2.75, 3.05) is 0 Å². The topological polar surface area (TPSA) is 0 Å². The molecule has 0 saturated heterocycles. The molecule has 0 aliphatic carbocycles. The maximum absolute atomic E-state index is 11.3. The number of rotatable bonds is 4. The van der Waals surface area contributed by atoms with Crippen LogP contribution in [0.5, 0.6) is 0 Å². The minimum absolute atomic E-state index is 0.468. The van der Waals surface area contributed by atoms with Crippen LogP contribution in [0.4, 0.5) is 8.78 Å². The summed E-state index contributed by atoms with van der Waals surface area (Å²) in [4.78, 5) is 0. The SMILES string of the molecule is CC[CH]CCC=C(F)F. The second-order valence-electron chi connectivity index (χ2n) is 1.77. The van der Waals surface area contributed by atoms with Gasteiger partial charge < -0.3 is 0 Å². The van der Waals surface area contributed by atoms with Crippen LogP contribution in [-0.2, 0) is 0 Å². The van der Waals surface area contributed by atoms with Crippen molar-refractivity contribution in [1.29, 1.82) is 0 Å². The van der Waals surface area contributed by atoms with E-state index in [2.05, 4.69) is 0 Å². The first-order valence-electron chi connectivity index (χ1n) is 3.10. The summed E-state index contributed by atoms with van der Waals surface area (Å²) in [6.45, 7) is 2.00. The molecule has 0 rings (SSSR count). The molecule has 0 bridgehead atoms. The van der Waals surface area contributed by atoms with E-state index in [0.29, 0.717) is 6.42 Å². The standard InChI is InChI=1S/C7H11F2/c1-2-3-4-5-6-7(8)9/h3,6H,2,4-5H2,1H3. The summed E-state index contributed by atoms with van der Waals surface area (Å²) in [5.41, 5.74) is 0. The summed E-state index contributed by atoms with van der Waals surface area (Å²) in [7, 11) is 0. The first kappa shape index (κ1) is 8.60. The van der Waals surface area contributed by atoms with Gasteiger partial charge in [-0.1, -0.05) is 13.3 Å². The molecule has 0 saturated carbocycles. The molecule has 0 spiro atoms. The lowest BCUT2D eigenvalue weighted by atomic mass is 10.2. The van der Waals surface area contributed by atoms with Gasteiger partial charge in [-0.2, -0.15) is 8.78 Å². The molecule has 0 heterocycles. The van der Waals surface area contributed by atoms with Crippen LogP contribution in [0.1, 0.15) is 26.2 Å². The molecular weight excluding hydrogens is 122 g/mol. The van der Waals surface area contributed by atoms with Crippen LogP contribution in [0.3, 0.4) is 0 Å². The lowest BCUT2D eigenvalue weighted by molar-refractivity contribution is 0.417. The third-order valence-corrected chi connectivity index (χ3v) is 0.958. The molecule has 0 atom stereocenters. The Kier molecular flexibility index (Phi) is 5.48. The van der Waals surface area contributed by atoms with Gasteiger partial charge in [-0.15, -0.1) is 0 Å². The van der Waals surface area contributed by atoms with Crippen molar-refractivity contribution in [3.63, 3.8) is 0 Å². The minimum atomic E-state index is -1.57. The fraction of sp³-hybridized carbons (Fsp3) is 0.571. The van der Waals surface area contributed by atoms with Gasteiger partial charge in [-0.05, 0) is 25.3 Å². The van der Waals surface area contributed by atoms with E-state index >= 15 is 0 Å². The predicted octanol–water partition coefficient (Wildman–Crippen LogP) is 3.16. The maximum atomic E-state index is 11.3. The van der Waals surface area contributed by atoms with Gasteiger partial charge in [-0.3, -0.25) is 0 Å². The van der Waals surface area contributed by atoms with Crippen LogP contribution in [0.15, 0.2) is 12.2 Å². The van der Waals surface area contributed by atoms with Crippen molar-refractivity contribution in [2.45, 2.75) is 26.2 Å². The van der Waals surface area contributed by atoms with E-state index in [4.69, 9.17) is 0 Å². The van der Waals surface area contributed by atoms with E-state index in [1.807, 2.05) is 13.3 Å². The van der Waals surface area contributed by atoms with Crippen molar-refractivity contribution < 1.29 is 8.78 Å². The summed E-state index contributed by atoms with van der Waals surface area (Å²) in [6, 6.07) is 0. The molecular formula is C7H11F2. The Hall–Kier alpha value is -0.400. The summed E-state index contributed by atoms with van der Waals surface area (Å²) in [5.74, 6) is 0. The van der Waals surface area contributed by atoms with E-state index in [1.165, 1.54) is 0 Å². The Morgan fingerprint density at radius 2 is 2.00 bits per heavy atom. The highest BCUT2D eigenvalue weighted by atomic mass is 19.3. The van der Waals surface area contributed by atoms with Gasteiger partial charge in [0.05, 0.1) is 0 Å². The van der Waals surface area contributed by atoms with E-state index in [9.17, 15) is 8.78 Å². The normalized spacial score (nSPS) is 9.22. The molecule has 53 valence electrons. The maximum Gasteiger partial charge on any atom is 0.266 e. The molecule has 9 heavy (non-hydrogen) atoms. The van der Waals surface area contributed by atoms with Crippen molar-refractivity contribution in [1.82, 2.24) is 0 Å². The molecule has 0 aromatic heterocycles. The number of halogens is 2. The van der Waals surface area contributed by atoms with Crippen molar-refractivity contribution in [3.8, 4) is 0 Å². The number of unbranched alkanes of at least 4 members (excludes halogenated alkanes) is 3. The highest BCUT2D eigenvalue weighted by Crippen LogP contribution is 2.03. The average Bonchev–Trinajstić information content (AvgIpc) is 1.80. The zero-order valence-corrected chi connectivity index (χ0v) is 5.53. The fourth-order valence-corrected chi connectivity index (χ4v) is 0.514. The Morgan fingerprint density at radius 1 is 1.33 bits per heavy atom. The highest BCUT2D eigenvalue weighted by Gasteiger charge is 1.86. The largest absolute Gasteiger partial charge is 0.266 e. The van der Waals surface area contributed by atoms with Gasteiger partial charge in [0.1, 0.15) is 0 Å². The van der Waals surface area contributed by atoms with Crippen LogP contribution in [0, 0.1) is 6.42 Å². The van der Waals surface area contributed by atoms with Crippen LogP contribution in [0.2, 0.25) is 0 Å². The summed E-state index contributed by atoms with van der Waals surface area (Å²) >= 11 is 0. The monoisotopic (exact) mass is 133 g/mol. The summed E-state index contributed by atoms with van der Waals surface area (Å²) < 4.78 is 22.6. The second-order valence-corrected chi connectivity index (χ2v) is 1.77. The van der Waals surface area contributed by atoms with Crippen LogP contribution in [0.25, 0.3) is 0 Å². The third kappa shape index (κ3) is 7.60. The third-order valence-electron chi connectivity index (χ3n) is 0.958. The van der Waals surface area contributed by atoms with Crippen molar-refractivity contribution in [2.24, 2.45) is 0 Å². The zero-order valence-electron chi connectivity index (χ0n) is 5.53. The highest BCUT2D eigenvalue weighted by molar-refractivity contribution is 4.82. The van der Waals surface area contributed by atoms with Gasteiger partial charge in [0, 0.05) is 0 Å². The molecule has 0 nitrogen and oxygen atoms in total. The van der Waals surface area contributed by atoms with Gasteiger partial charge in [0.2, 0.25) is 0 Å². The number of hydrogen-bond acceptors (Lipinski definition) is 0. The van der Waals surface area contributed by atoms with Crippen LogP contribution < -0.4 is 0 Å². The molecule has 1 radical (unpaired) electrons. The second kappa shape index (κ2) is 5.73. The molecule has 0 unspecified atom stereocenters. The molecule has 0 fully saturated rings. The van der Waals surface area contributed by atoms with E-state index in [0.717, 1.165) is 18.9 Å². The lowest BCUT2D eigenvalue weighted by Gasteiger charge is -1.88. The van der Waals surface area contributed by atoms with Crippen molar-refractivity contribution >= 4 is 0 Å². The smallest absolute Gasteiger partial charge is 0.174 e. The van der Waals surface area contributed by atoms with E-state index in [1.54, 1.807) is 0 Å². The van der Waals surface area contributed by atoms with E-state index < -0.39 is 6.08 Å². The number of allylic oxidation sites excluding steroid dienone is 1. The van der Waals surface area contributed by atoms with Crippen molar-refractivity contribution in [3.05, 3.63) is 18.6 Å². The Balaban J connectivity index is 3.00. The first-order chi connectivity index (χ1) is 4.27. The molecule has 0 aliphatic heterocycles. The van der Waals surface area contributed by atoms with Crippen LogP contribution in [-0.4, -0.2) is 0 Å². The Morgan fingerprint density at radius 3 is 2.44 bits per heavy atom. The lowest BCUT2D eigenvalue weighted by Crippen LogP contribution is -1.72. The van der Waals surface area contributed by atoms with Gasteiger partial charge >= 0.3 is 0 Å². The molecule has 0 amide bonds. The van der Waals surface area contributed by atoms with Gasteiger partial charge in [0.15, 0.2) is 0 Å². The summed E-state index contributed by atoms with van der Waals surface area (Å²) in [6.07, 6.45) is 3.55. The van der Waals surface area contributed by atoms with Crippen LogP contribution >= 0.6 is 0 Å². The zero-order chi connectivity index (χ0) is 7.11. The molecule has 0 aromatic rings. The quantitative estimate of drug-likeness (QED) is 0.517. The fourth-order valence-electron chi connectivity index (χ4n) is 0.514. The molecule has 0 N–H and O–H groups in total. The number of hydrogen-bond donors (Lipinski definition) is 0. The van der Waals surface area contributed by atoms with Gasteiger partial charge in [0.25, 0.3) is 6.08 Å². The molecule has 0 aliphatic rings. The minimum Gasteiger partial charge on any atom is -0.174 e. The first-order valence-corrected chi connectivity index (χ1v) is 3.10. The van der Waals surface area contributed by atoms with E-state index in [-0.39, 0.29) is 0 Å². The molecule has 0 aromatic carbocycles. The average molecular weight is 133 g/mol. The Labute approximate surface area is 54.6 Å².